The van der Waals surface area contributed by atoms with Gasteiger partial charge in [0.15, 0.2) is 0 Å². The topological polar surface area (TPSA) is 83.7 Å². The van der Waals surface area contributed by atoms with E-state index in [1.165, 1.54) is 0 Å². The number of rotatable bonds is 5. The number of carbonyl (C=O) groups excluding carboxylic acids is 1. The number of carbonyl (C=O) groups is 1. The van der Waals surface area contributed by atoms with Crippen molar-refractivity contribution in [1.29, 1.82) is 0 Å². The maximum Gasteiger partial charge on any atom is 0.243 e. The first-order chi connectivity index (χ1) is 12.5. The van der Waals surface area contributed by atoms with Crippen LogP contribution in [-0.2, 0) is 21.2 Å². The lowest BCUT2D eigenvalue weighted by Crippen LogP contribution is -2.32. The largest absolute Gasteiger partial charge is 0.341 e. The van der Waals surface area contributed by atoms with E-state index in [4.69, 9.17) is 5.73 Å². The van der Waals surface area contributed by atoms with Crippen LogP contribution >= 0.6 is 12.4 Å². The summed E-state index contributed by atoms with van der Waals surface area (Å²) in [6, 6.07) is 7.10. The fourth-order valence-corrected chi connectivity index (χ4v) is 5.20. The Kier molecular flexibility index (Phi) is 8.09. The van der Waals surface area contributed by atoms with Crippen LogP contribution in [0.1, 0.15) is 44.1 Å². The third-order valence-corrected chi connectivity index (χ3v) is 7.24. The SMILES string of the molecule is Cl.N[C@@H]1CCN(C(=O)CCc2ccc(S(=O)(=O)N3CCCCCC3)cc2)C1. The average Bonchev–Trinajstić information content (AvgIpc) is 2.90. The van der Waals surface area contributed by atoms with Crippen molar-refractivity contribution in [3.8, 4) is 0 Å². The highest BCUT2D eigenvalue weighted by Crippen LogP contribution is 2.21. The molecule has 3 rings (SSSR count). The van der Waals surface area contributed by atoms with Gasteiger partial charge in [0.05, 0.1) is 4.90 Å². The first-order valence-electron chi connectivity index (χ1n) is 9.59. The van der Waals surface area contributed by atoms with Crippen molar-refractivity contribution in [3.05, 3.63) is 29.8 Å². The summed E-state index contributed by atoms with van der Waals surface area (Å²) in [5.41, 5.74) is 6.83. The van der Waals surface area contributed by atoms with Gasteiger partial charge in [-0.3, -0.25) is 4.79 Å². The van der Waals surface area contributed by atoms with Crippen LogP contribution in [0.3, 0.4) is 0 Å². The van der Waals surface area contributed by atoms with Crippen LogP contribution in [-0.4, -0.2) is 55.8 Å². The minimum atomic E-state index is -3.41. The number of sulfonamides is 1. The molecule has 27 heavy (non-hydrogen) atoms. The molecule has 0 spiro atoms. The molecule has 0 bridgehead atoms. The number of aryl methyl sites for hydroxylation is 1. The first-order valence-corrected chi connectivity index (χ1v) is 11.0. The number of hydrogen-bond acceptors (Lipinski definition) is 4. The zero-order chi connectivity index (χ0) is 18.6. The summed E-state index contributed by atoms with van der Waals surface area (Å²) < 4.78 is 27.2. The zero-order valence-electron chi connectivity index (χ0n) is 15.7. The van der Waals surface area contributed by atoms with Crippen molar-refractivity contribution in [3.63, 3.8) is 0 Å². The summed E-state index contributed by atoms with van der Waals surface area (Å²) in [5, 5.41) is 0. The Morgan fingerprint density at radius 3 is 2.22 bits per heavy atom. The lowest BCUT2D eigenvalue weighted by Gasteiger charge is -2.20. The molecule has 0 radical (unpaired) electrons. The van der Waals surface area contributed by atoms with E-state index in [9.17, 15) is 13.2 Å². The minimum absolute atomic E-state index is 0. The predicted octanol–water partition coefficient (Wildman–Crippen LogP) is 2.17. The van der Waals surface area contributed by atoms with Crippen LogP contribution in [0.15, 0.2) is 29.2 Å². The van der Waals surface area contributed by atoms with E-state index in [2.05, 4.69) is 0 Å². The molecular formula is C19H30ClN3O3S. The van der Waals surface area contributed by atoms with E-state index in [1.807, 2.05) is 17.0 Å². The van der Waals surface area contributed by atoms with Gasteiger partial charge in [-0.15, -0.1) is 12.4 Å². The molecule has 0 unspecified atom stereocenters. The zero-order valence-corrected chi connectivity index (χ0v) is 17.3. The molecule has 8 heteroatoms. The van der Waals surface area contributed by atoms with Gasteiger partial charge in [-0.05, 0) is 43.4 Å². The first kappa shape index (κ1) is 22.1. The summed E-state index contributed by atoms with van der Waals surface area (Å²) in [5.74, 6) is 0.124. The van der Waals surface area contributed by atoms with Crippen LogP contribution in [0.2, 0.25) is 0 Å². The molecular weight excluding hydrogens is 386 g/mol. The van der Waals surface area contributed by atoms with Gasteiger partial charge < -0.3 is 10.6 Å². The number of nitrogens with two attached hydrogens (primary N) is 1. The van der Waals surface area contributed by atoms with Gasteiger partial charge in [0.25, 0.3) is 0 Å². The summed E-state index contributed by atoms with van der Waals surface area (Å²) in [4.78, 5) is 14.4. The Labute approximate surface area is 168 Å². The molecule has 0 aromatic heterocycles. The second-order valence-corrected chi connectivity index (χ2v) is 9.29. The second kappa shape index (κ2) is 9.87. The molecule has 2 saturated heterocycles. The highest BCUT2D eigenvalue weighted by Gasteiger charge is 2.25. The highest BCUT2D eigenvalue weighted by molar-refractivity contribution is 7.89. The molecule has 2 aliphatic heterocycles. The van der Waals surface area contributed by atoms with Gasteiger partial charge in [0.2, 0.25) is 15.9 Å². The molecule has 2 aliphatic rings. The van der Waals surface area contributed by atoms with Gasteiger partial charge in [0, 0.05) is 38.6 Å². The standard InChI is InChI=1S/C19H29N3O3S.ClH/c20-17-11-14-21(15-17)19(23)10-7-16-5-8-18(9-6-16)26(24,25)22-12-3-1-2-4-13-22;/h5-6,8-9,17H,1-4,7,10-15,20H2;1H/t17-;/m1./s1. The number of likely N-dealkylation sites (tertiary alicyclic amines) is 1. The fourth-order valence-electron chi connectivity index (χ4n) is 3.68. The summed E-state index contributed by atoms with van der Waals surface area (Å²) in [6.45, 7) is 2.60. The summed E-state index contributed by atoms with van der Waals surface area (Å²) >= 11 is 0. The molecule has 152 valence electrons. The van der Waals surface area contributed by atoms with Crippen LogP contribution < -0.4 is 5.73 Å². The summed E-state index contributed by atoms with van der Waals surface area (Å²) in [7, 11) is -3.41. The Bertz CT molecular complexity index is 716. The number of benzene rings is 1. The Morgan fingerprint density at radius 1 is 1.04 bits per heavy atom. The van der Waals surface area contributed by atoms with Crippen molar-refractivity contribution in [2.45, 2.75) is 55.9 Å². The predicted molar refractivity (Wildman–Crippen MR) is 108 cm³/mol. The number of amides is 1. The van der Waals surface area contributed by atoms with E-state index < -0.39 is 10.0 Å². The van der Waals surface area contributed by atoms with Crippen molar-refractivity contribution >= 4 is 28.3 Å². The van der Waals surface area contributed by atoms with E-state index in [0.29, 0.717) is 37.4 Å². The van der Waals surface area contributed by atoms with Gasteiger partial charge in [0.1, 0.15) is 0 Å². The van der Waals surface area contributed by atoms with Crippen LogP contribution in [0, 0.1) is 0 Å². The van der Waals surface area contributed by atoms with Gasteiger partial charge in [-0.25, -0.2) is 8.42 Å². The van der Waals surface area contributed by atoms with Gasteiger partial charge >= 0.3 is 0 Å². The molecule has 6 nitrogen and oxygen atoms in total. The maximum absolute atomic E-state index is 12.8. The maximum atomic E-state index is 12.8. The van der Waals surface area contributed by atoms with Crippen LogP contribution in [0.5, 0.6) is 0 Å². The molecule has 1 amide bonds. The third kappa shape index (κ3) is 5.67. The molecule has 1 aromatic carbocycles. The van der Waals surface area contributed by atoms with Crippen molar-refractivity contribution in [2.24, 2.45) is 5.73 Å². The van der Waals surface area contributed by atoms with E-state index in [1.54, 1.807) is 16.4 Å². The lowest BCUT2D eigenvalue weighted by molar-refractivity contribution is -0.130. The molecule has 1 atom stereocenters. The molecule has 0 saturated carbocycles. The normalized spacial score (nSPS) is 21.5. The lowest BCUT2D eigenvalue weighted by atomic mass is 10.1. The minimum Gasteiger partial charge on any atom is -0.341 e. The average molecular weight is 416 g/mol. The van der Waals surface area contributed by atoms with Gasteiger partial charge in [-0.1, -0.05) is 25.0 Å². The van der Waals surface area contributed by atoms with Crippen molar-refractivity contribution < 1.29 is 13.2 Å². The fraction of sp³-hybridized carbons (Fsp3) is 0.632. The quantitative estimate of drug-likeness (QED) is 0.798. The third-order valence-electron chi connectivity index (χ3n) is 5.33. The van der Waals surface area contributed by atoms with E-state index >= 15 is 0 Å². The monoisotopic (exact) mass is 415 g/mol. The van der Waals surface area contributed by atoms with Crippen LogP contribution in [0.25, 0.3) is 0 Å². The second-order valence-electron chi connectivity index (χ2n) is 7.35. The summed E-state index contributed by atoms with van der Waals surface area (Å²) in [6.07, 6.45) is 5.98. The highest BCUT2D eigenvalue weighted by atomic mass is 35.5. The molecule has 0 aliphatic carbocycles. The Hall–Kier alpha value is -1.15. The number of halogens is 1. The smallest absolute Gasteiger partial charge is 0.243 e. The number of nitrogens with zero attached hydrogens (tertiary/aromatic N) is 2. The van der Waals surface area contributed by atoms with Gasteiger partial charge in [-0.2, -0.15) is 4.31 Å². The van der Waals surface area contributed by atoms with E-state index in [-0.39, 0.29) is 24.4 Å². The van der Waals surface area contributed by atoms with Crippen molar-refractivity contribution in [1.82, 2.24) is 9.21 Å². The molecule has 2 fully saturated rings. The van der Waals surface area contributed by atoms with Crippen LogP contribution in [0.4, 0.5) is 0 Å². The number of hydrogen-bond donors (Lipinski definition) is 1. The Morgan fingerprint density at radius 2 is 1.67 bits per heavy atom. The van der Waals surface area contributed by atoms with E-state index in [0.717, 1.165) is 44.2 Å². The van der Waals surface area contributed by atoms with Crippen molar-refractivity contribution in [2.75, 3.05) is 26.2 Å². The Balaban J connectivity index is 0.00000261. The molecule has 2 heterocycles. The molecule has 2 N–H and O–H groups in total. The molecule has 1 aromatic rings.